The van der Waals surface area contributed by atoms with Gasteiger partial charge in [0.1, 0.15) is 22.1 Å². The van der Waals surface area contributed by atoms with E-state index in [4.69, 9.17) is 0 Å². The lowest BCUT2D eigenvalue weighted by atomic mass is 9.98. The number of aromatic nitrogens is 3. The van der Waals surface area contributed by atoms with Gasteiger partial charge in [-0.3, -0.25) is 14.8 Å². The summed E-state index contributed by atoms with van der Waals surface area (Å²) >= 11 is 1.05. The predicted octanol–water partition coefficient (Wildman–Crippen LogP) is 4.65. The third-order valence-corrected chi connectivity index (χ3v) is 7.94. The number of carbonyl (C=O) groups is 1. The highest BCUT2D eigenvalue weighted by molar-refractivity contribution is 7.13. The smallest absolute Gasteiger partial charge is 0.321 e. The van der Waals surface area contributed by atoms with Crippen LogP contribution in [0.4, 0.5) is 24.5 Å². The van der Waals surface area contributed by atoms with Gasteiger partial charge in [0.15, 0.2) is 0 Å². The van der Waals surface area contributed by atoms with Crippen LogP contribution < -0.4 is 16.2 Å². The fourth-order valence-electron chi connectivity index (χ4n) is 4.84. The van der Waals surface area contributed by atoms with Crippen molar-refractivity contribution in [3.63, 3.8) is 0 Å². The Labute approximate surface area is 232 Å². The number of amides is 1. The number of hydrogen-bond donors (Lipinski definition) is 4. The minimum atomic E-state index is -4.54. The molecule has 40 heavy (non-hydrogen) atoms. The lowest BCUT2D eigenvalue weighted by molar-refractivity contribution is -0.141. The average molecular weight is 569 g/mol. The SMILES string of the molecule is CN1CCN(Cc2cccc(-c3cc4c(cc3NC(=O)c3csc(-c5cc(C(F)(F)F)[nH]n5)n3)NNC4)c2)CC1. The van der Waals surface area contributed by atoms with Crippen LogP contribution in [-0.2, 0) is 19.3 Å². The van der Waals surface area contributed by atoms with E-state index in [-0.39, 0.29) is 16.4 Å². The van der Waals surface area contributed by atoms with Crippen LogP contribution in [0.3, 0.4) is 0 Å². The Morgan fingerprint density at radius 1 is 1.12 bits per heavy atom. The number of rotatable bonds is 6. The molecule has 4 heterocycles. The summed E-state index contributed by atoms with van der Waals surface area (Å²) in [6.45, 7) is 5.62. The van der Waals surface area contributed by atoms with Gasteiger partial charge in [0.25, 0.3) is 5.91 Å². The first-order valence-electron chi connectivity index (χ1n) is 12.8. The number of aromatic amines is 1. The van der Waals surface area contributed by atoms with Crippen molar-refractivity contribution in [2.75, 3.05) is 44.0 Å². The molecule has 0 atom stereocenters. The number of carbonyl (C=O) groups excluding carboxylic acids is 1. The van der Waals surface area contributed by atoms with Gasteiger partial charge in [-0.15, -0.1) is 11.3 Å². The highest BCUT2D eigenvalue weighted by atomic mass is 32.1. The number of thiazole rings is 1. The third-order valence-electron chi connectivity index (χ3n) is 7.07. The van der Waals surface area contributed by atoms with E-state index >= 15 is 0 Å². The summed E-state index contributed by atoms with van der Waals surface area (Å²) in [5.41, 5.74) is 11.0. The molecule has 6 rings (SSSR count). The number of hydrogen-bond acceptors (Lipinski definition) is 8. The molecule has 2 aromatic carbocycles. The molecule has 0 aliphatic carbocycles. The van der Waals surface area contributed by atoms with Crippen LogP contribution in [0.2, 0.25) is 0 Å². The number of hydrazine groups is 1. The minimum absolute atomic E-state index is 0.0297. The zero-order valence-corrected chi connectivity index (χ0v) is 22.4. The second-order valence-corrected chi connectivity index (χ2v) is 10.8. The minimum Gasteiger partial charge on any atom is -0.321 e. The van der Waals surface area contributed by atoms with E-state index in [2.05, 4.69) is 61.3 Å². The fraction of sp³-hybridized carbons (Fsp3) is 0.296. The summed E-state index contributed by atoms with van der Waals surface area (Å²) in [6.07, 6.45) is -4.54. The standard InChI is InChI=1S/C27H27F3N8OS/c1-37-5-7-38(8-6-37)14-16-3-2-4-17(9-16)19-10-18-13-31-34-20(18)11-21(19)32-25(39)23-15-40-26(33-23)22-12-24(36-35-22)27(28,29)30/h2-4,9-12,15,31,34H,5-8,13-14H2,1H3,(H,32,39)(H,35,36). The van der Waals surface area contributed by atoms with Crippen molar-refractivity contribution >= 4 is 28.6 Å². The van der Waals surface area contributed by atoms with Crippen molar-refractivity contribution in [1.29, 1.82) is 0 Å². The first kappa shape index (κ1) is 26.4. The molecule has 4 N–H and O–H groups in total. The second kappa shape index (κ2) is 10.7. The van der Waals surface area contributed by atoms with Crippen molar-refractivity contribution in [2.45, 2.75) is 19.3 Å². The molecule has 1 amide bonds. The molecule has 4 aromatic rings. The van der Waals surface area contributed by atoms with Crippen LogP contribution in [0.25, 0.3) is 21.8 Å². The molecule has 208 valence electrons. The number of nitrogens with zero attached hydrogens (tertiary/aromatic N) is 4. The second-order valence-electron chi connectivity index (χ2n) is 9.97. The normalized spacial score (nSPS) is 16.1. The molecule has 2 aliphatic rings. The van der Waals surface area contributed by atoms with Gasteiger partial charge in [-0.25, -0.2) is 10.4 Å². The van der Waals surface area contributed by atoms with E-state index in [0.717, 1.165) is 72.5 Å². The van der Waals surface area contributed by atoms with Crippen LogP contribution in [0, 0.1) is 0 Å². The van der Waals surface area contributed by atoms with E-state index in [1.54, 1.807) is 0 Å². The van der Waals surface area contributed by atoms with Gasteiger partial charge >= 0.3 is 6.18 Å². The molecule has 1 saturated heterocycles. The third kappa shape index (κ3) is 5.59. The number of nitrogens with one attached hydrogen (secondary N) is 4. The van der Waals surface area contributed by atoms with Gasteiger partial charge in [-0.2, -0.15) is 18.3 Å². The Morgan fingerprint density at radius 3 is 2.73 bits per heavy atom. The van der Waals surface area contributed by atoms with Gasteiger partial charge in [0.05, 0.1) is 11.4 Å². The summed E-state index contributed by atoms with van der Waals surface area (Å²) in [7, 11) is 2.14. The van der Waals surface area contributed by atoms with E-state index in [9.17, 15) is 18.0 Å². The van der Waals surface area contributed by atoms with Crippen LogP contribution in [0.5, 0.6) is 0 Å². The topological polar surface area (TPSA) is 101 Å². The monoisotopic (exact) mass is 568 g/mol. The van der Waals surface area contributed by atoms with Crippen molar-refractivity contribution < 1.29 is 18.0 Å². The Bertz CT molecular complexity index is 1540. The predicted molar refractivity (Wildman–Crippen MR) is 148 cm³/mol. The van der Waals surface area contributed by atoms with Gasteiger partial charge in [-0.1, -0.05) is 18.2 Å². The van der Waals surface area contributed by atoms with Crippen molar-refractivity contribution in [3.8, 4) is 21.8 Å². The molecule has 0 saturated carbocycles. The lowest BCUT2D eigenvalue weighted by Gasteiger charge is -2.32. The van der Waals surface area contributed by atoms with Crippen molar-refractivity contribution in [2.24, 2.45) is 0 Å². The molecule has 0 bridgehead atoms. The lowest BCUT2D eigenvalue weighted by Crippen LogP contribution is -2.43. The summed E-state index contributed by atoms with van der Waals surface area (Å²) in [6, 6.07) is 13.1. The molecule has 9 nitrogen and oxygen atoms in total. The Balaban J connectivity index is 1.25. The van der Waals surface area contributed by atoms with Gasteiger partial charge in [0, 0.05) is 50.2 Å². The van der Waals surface area contributed by atoms with E-state index in [0.29, 0.717) is 12.2 Å². The molecule has 2 aromatic heterocycles. The molecule has 0 unspecified atom stereocenters. The number of fused-ring (bicyclic) bond motifs is 1. The summed E-state index contributed by atoms with van der Waals surface area (Å²) in [4.78, 5) is 22.3. The maximum atomic E-state index is 13.2. The molecule has 2 aliphatic heterocycles. The van der Waals surface area contributed by atoms with E-state index in [1.165, 1.54) is 10.9 Å². The molecular formula is C27H27F3N8OS. The largest absolute Gasteiger partial charge is 0.432 e. The summed E-state index contributed by atoms with van der Waals surface area (Å²) in [5, 5.41) is 10.4. The van der Waals surface area contributed by atoms with Gasteiger partial charge < -0.3 is 15.6 Å². The highest BCUT2D eigenvalue weighted by Crippen LogP contribution is 2.36. The number of likely N-dealkylation sites (N-methyl/N-ethyl adjacent to an activating group) is 1. The maximum absolute atomic E-state index is 13.2. The van der Waals surface area contributed by atoms with Gasteiger partial charge in [-0.05, 0) is 48.0 Å². The van der Waals surface area contributed by atoms with Crippen molar-refractivity contribution in [3.05, 3.63) is 70.4 Å². The average Bonchev–Trinajstić information content (AvgIpc) is 3.69. The fourth-order valence-corrected chi connectivity index (χ4v) is 5.60. The van der Waals surface area contributed by atoms with Crippen LogP contribution >= 0.6 is 11.3 Å². The molecule has 13 heteroatoms. The highest BCUT2D eigenvalue weighted by Gasteiger charge is 2.33. The quantitative estimate of drug-likeness (QED) is 0.269. The zero-order chi connectivity index (χ0) is 27.9. The summed E-state index contributed by atoms with van der Waals surface area (Å²) < 4.78 is 38.9. The number of piperazine rings is 1. The van der Waals surface area contributed by atoms with Crippen LogP contribution in [-0.4, -0.2) is 64.1 Å². The molecule has 1 fully saturated rings. The Kier molecular flexibility index (Phi) is 7.04. The Morgan fingerprint density at radius 2 is 1.95 bits per heavy atom. The summed E-state index contributed by atoms with van der Waals surface area (Å²) in [5.74, 6) is -0.463. The van der Waals surface area contributed by atoms with Crippen LogP contribution in [0.1, 0.15) is 27.3 Å². The number of benzene rings is 2. The Hall–Kier alpha value is -3.78. The maximum Gasteiger partial charge on any atom is 0.432 e. The number of anilines is 2. The first-order valence-corrected chi connectivity index (χ1v) is 13.7. The van der Waals surface area contributed by atoms with E-state index < -0.39 is 17.8 Å². The van der Waals surface area contributed by atoms with Crippen LogP contribution in [0.15, 0.2) is 47.8 Å². The number of H-pyrrole nitrogens is 1. The van der Waals surface area contributed by atoms with Gasteiger partial charge in [0.2, 0.25) is 0 Å². The van der Waals surface area contributed by atoms with E-state index in [1.807, 2.05) is 23.3 Å². The number of alkyl halides is 3. The number of halogens is 3. The van der Waals surface area contributed by atoms with Crippen molar-refractivity contribution in [1.82, 2.24) is 30.4 Å². The zero-order valence-electron chi connectivity index (χ0n) is 21.6. The molecule has 0 spiro atoms. The molecule has 0 radical (unpaired) electrons. The molecular weight excluding hydrogens is 541 g/mol. The first-order chi connectivity index (χ1) is 19.2.